The van der Waals surface area contributed by atoms with Gasteiger partial charge < -0.3 is 14.9 Å². The van der Waals surface area contributed by atoms with E-state index in [0.717, 1.165) is 12.8 Å². The molecule has 1 heterocycles. The Kier molecular flexibility index (Phi) is 14.2. The molecule has 0 saturated heterocycles. The Morgan fingerprint density at radius 2 is 1.48 bits per heavy atom. The molecular formula is C25H35NO5. The minimum absolute atomic E-state index is 0.0180. The largest absolute Gasteiger partial charge is 0.507 e. The number of pyridine rings is 1. The molecule has 0 aliphatic heterocycles. The van der Waals surface area contributed by atoms with Crippen molar-refractivity contribution >= 4 is 11.9 Å². The first-order valence-electron chi connectivity index (χ1n) is 11.1. The fourth-order valence-electron chi connectivity index (χ4n) is 2.97. The topological polar surface area (TPSA) is 96.7 Å². The van der Waals surface area contributed by atoms with E-state index in [1.165, 1.54) is 75.9 Å². The molecular weight excluding hydrogens is 394 g/mol. The molecule has 0 radical (unpaired) electrons. The first kappa shape index (κ1) is 26.1. The van der Waals surface area contributed by atoms with Gasteiger partial charge in [0.25, 0.3) is 0 Å². The average Bonchev–Trinajstić information content (AvgIpc) is 2.78. The van der Waals surface area contributed by atoms with Gasteiger partial charge in [-0.2, -0.15) is 0 Å². The third-order valence-electron chi connectivity index (χ3n) is 4.76. The molecule has 0 unspecified atom stereocenters. The van der Waals surface area contributed by atoms with Crippen molar-refractivity contribution in [2.75, 3.05) is 6.61 Å². The second-order valence-electron chi connectivity index (χ2n) is 7.38. The molecule has 2 rings (SSSR count). The second kappa shape index (κ2) is 16.9. The maximum absolute atomic E-state index is 11.7. The number of aromatic carboxylic acids is 1. The van der Waals surface area contributed by atoms with Crippen molar-refractivity contribution in [3.63, 3.8) is 0 Å². The maximum Gasteiger partial charge on any atom is 0.341 e. The van der Waals surface area contributed by atoms with Crippen molar-refractivity contribution in [1.29, 1.82) is 0 Å². The number of aromatic nitrogens is 1. The van der Waals surface area contributed by atoms with Crippen LogP contribution in [0, 0.1) is 0 Å². The summed E-state index contributed by atoms with van der Waals surface area (Å²) in [6, 6.07) is 9.57. The molecule has 1 aromatic heterocycles. The van der Waals surface area contributed by atoms with Crippen LogP contribution < -0.4 is 0 Å². The van der Waals surface area contributed by atoms with E-state index in [-0.39, 0.29) is 16.9 Å². The summed E-state index contributed by atoms with van der Waals surface area (Å²) in [5, 5.41) is 17.9. The number of carboxylic acids is 1. The molecule has 6 nitrogen and oxygen atoms in total. The van der Waals surface area contributed by atoms with Crippen molar-refractivity contribution in [3.05, 3.63) is 59.9 Å². The minimum Gasteiger partial charge on any atom is -0.507 e. The lowest BCUT2D eigenvalue weighted by molar-refractivity contribution is 0.0494. The van der Waals surface area contributed by atoms with Crippen molar-refractivity contribution < 1.29 is 24.5 Å². The van der Waals surface area contributed by atoms with E-state index in [0.29, 0.717) is 6.61 Å². The van der Waals surface area contributed by atoms with Gasteiger partial charge in [0.1, 0.15) is 11.3 Å². The summed E-state index contributed by atoms with van der Waals surface area (Å²) in [5.41, 5.74) is 0.465. The number of nitrogens with zero attached hydrogens (tertiary/aromatic N) is 1. The molecule has 2 aromatic rings. The Morgan fingerprint density at radius 3 is 2.00 bits per heavy atom. The predicted molar refractivity (Wildman–Crippen MR) is 121 cm³/mol. The number of ether oxygens (including phenoxy) is 1. The van der Waals surface area contributed by atoms with Crippen LogP contribution in [0.1, 0.15) is 91.8 Å². The van der Waals surface area contributed by atoms with Crippen molar-refractivity contribution in [1.82, 2.24) is 4.98 Å². The van der Waals surface area contributed by atoms with Crippen molar-refractivity contribution in [2.24, 2.45) is 0 Å². The Bertz CT molecular complexity index is 749. The smallest absolute Gasteiger partial charge is 0.341 e. The van der Waals surface area contributed by atoms with Gasteiger partial charge in [-0.25, -0.2) is 9.59 Å². The molecule has 0 bridgehead atoms. The number of phenolic OH excluding ortho intramolecular Hbond substituents is 1. The number of hydrogen-bond donors (Lipinski definition) is 2. The van der Waals surface area contributed by atoms with E-state index < -0.39 is 11.9 Å². The highest BCUT2D eigenvalue weighted by atomic mass is 16.5. The maximum atomic E-state index is 11.7. The molecule has 0 aliphatic carbocycles. The number of unbranched alkanes of at least 4 members (excludes halogenated alkanes) is 9. The highest BCUT2D eigenvalue weighted by molar-refractivity contribution is 5.92. The summed E-state index contributed by atoms with van der Waals surface area (Å²) in [4.78, 5) is 25.5. The van der Waals surface area contributed by atoms with E-state index in [1.54, 1.807) is 24.3 Å². The molecule has 1 aromatic carbocycles. The highest BCUT2D eigenvalue weighted by Crippen LogP contribution is 2.17. The lowest BCUT2D eigenvalue weighted by Gasteiger charge is -2.06. The third kappa shape index (κ3) is 12.4. The fraction of sp³-hybridized carbons (Fsp3) is 0.480. The van der Waals surface area contributed by atoms with Crippen molar-refractivity contribution in [3.8, 4) is 5.75 Å². The Labute approximate surface area is 185 Å². The number of esters is 1. The van der Waals surface area contributed by atoms with Crippen LogP contribution in [-0.4, -0.2) is 33.7 Å². The van der Waals surface area contributed by atoms with Gasteiger partial charge in [0.15, 0.2) is 0 Å². The van der Waals surface area contributed by atoms with Crippen LogP contribution in [-0.2, 0) is 4.74 Å². The van der Waals surface area contributed by atoms with Crippen LogP contribution >= 0.6 is 0 Å². The zero-order valence-corrected chi connectivity index (χ0v) is 18.5. The lowest BCUT2D eigenvalue weighted by atomic mass is 10.1. The molecule has 0 saturated carbocycles. The summed E-state index contributed by atoms with van der Waals surface area (Å²) in [5.74, 6) is -1.40. The van der Waals surface area contributed by atoms with E-state index in [9.17, 15) is 14.7 Å². The molecule has 0 atom stereocenters. The van der Waals surface area contributed by atoms with Gasteiger partial charge in [-0.05, 0) is 30.7 Å². The summed E-state index contributed by atoms with van der Waals surface area (Å²) >= 11 is 0. The lowest BCUT2D eigenvalue weighted by Crippen LogP contribution is -2.06. The standard InChI is InChI=1S/C19H30O3.C6H5NO2/c1-2-3-4-5-6-7-8-9-10-13-16-22-19(21)17-14-11-12-15-18(17)20;8-6(9)5-2-1-3-7-4-5/h11-12,14-15,20H,2-10,13,16H2,1H3;1-4H,(H,8,9). The van der Waals surface area contributed by atoms with Gasteiger partial charge in [0.2, 0.25) is 0 Å². The third-order valence-corrected chi connectivity index (χ3v) is 4.76. The number of phenols is 1. The normalized spacial score (nSPS) is 10.1. The summed E-state index contributed by atoms with van der Waals surface area (Å²) in [6.45, 7) is 2.68. The van der Waals surface area contributed by atoms with Crippen LogP contribution in [0.2, 0.25) is 0 Å². The summed E-state index contributed by atoms with van der Waals surface area (Å²) in [6.07, 6.45) is 15.4. The number of para-hydroxylation sites is 1. The van der Waals surface area contributed by atoms with Gasteiger partial charge in [0, 0.05) is 12.4 Å². The molecule has 6 heteroatoms. The zero-order valence-electron chi connectivity index (χ0n) is 18.5. The van der Waals surface area contributed by atoms with Crippen molar-refractivity contribution in [2.45, 2.75) is 71.1 Å². The number of aromatic hydroxyl groups is 1. The summed E-state index contributed by atoms with van der Waals surface area (Å²) in [7, 11) is 0. The number of carbonyl (C=O) groups excluding carboxylic acids is 1. The van der Waals surface area contributed by atoms with Crippen LogP contribution in [0.25, 0.3) is 0 Å². The molecule has 0 spiro atoms. The second-order valence-corrected chi connectivity index (χ2v) is 7.38. The van der Waals surface area contributed by atoms with Gasteiger partial charge in [0.05, 0.1) is 12.2 Å². The molecule has 0 fully saturated rings. The van der Waals surface area contributed by atoms with E-state index in [1.807, 2.05) is 0 Å². The monoisotopic (exact) mass is 429 g/mol. The van der Waals surface area contributed by atoms with Gasteiger partial charge in [-0.1, -0.05) is 76.8 Å². The number of benzene rings is 1. The predicted octanol–water partition coefficient (Wildman–Crippen LogP) is 6.25. The van der Waals surface area contributed by atoms with E-state index in [4.69, 9.17) is 9.84 Å². The molecule has 0 aliphatic rings. The molecule has 31 heavy (non-hydrogen) atoms. The Balaban J connectivity index is 0.000000442. The molecule has 170 valence electrons. The first-order valence-corrected chi connectivity index (χ1v) is 11.1. The van der Waals surface area contributed by atoms with Crippen LogP contribution in [0.15, 0.2) is 48.8 Å². The van der Waals surface area contributed by atoms with Crippen LogP contribution in [0.4, 0.5) is 0 Å². The number of rotatable bonds is 13. The van der Waals surface area contributed by atoms with Crippen LogP contribution in [0.5, 0.6) is 5.75 Å². The average molecular weight is 430 g/mol. The quantitative estimate of drug-likeness (QED) is 0.288. The van der Waals surface area contributed by atoms with E-state index >= 15 is 0 Å². The zero-order chi connectivity index (χ0) is 22.7. The number of carboxylic acid groups (broad SMARTS) is 1. The van der Waals surface area contributed by atoms with Gasteiger partial charge in [-0.3, -0.25) is 4.98 Å². The minimum atomic E-state index is -0.942. The SMILES string of the molecule is CCCCCCCCCCCCOC(=O)c1ccccc1O.O=C(O)c1cccnc1. The van der Waals surface area contributed by atoms with Crippen LogP contribution in [0.3, 0.4) is 0 Å². The van der Waals surface area contributed by atoms with Gasteiger partial charge >= 0.3 is 11.9 Å². The summed E-state index contributed by atoms with van der Waals surface area (Å²) < 4.78 is 5.18. The fourth-order valence-corrected chi connectivity index (χ4v) is 2.97. The molecule has 2 N–H and O–H groups in total. The van der Waals surface area contributed by atoms with E-state index in [2.05, 4.69) is 11.9 Å². The van der Waals surface area contributed by atoms with Gasteiger partial charge in [-0.15, -0.1) is 0 Å². The number of carbonyl (C=O) groups is 2. The Morgan fingerprint density at radius 1 is 0.871 bits per heavy atom. The highest BCUT2D eigenvalue weighted by Gasteiger charge is 2.10. The Hall–Kier alpha value is -2.89. The number of hydrogen-bond acceptors (Lipinski definition) is 5. The first-order chi connectivity index (χ1) is 15.1. The molecule has 0 amide bonds.